The first-order chi connectivity index (χ1) is 26.7. The third-order valence-corrected chi connectivity index (χ3v) is 17.7. The Bertz CT molecular complexity index is 2340. The van der Waals surface area contributed by atoms with Crippen molar-refractivity contribution >= 4 is 70.1 Å². The molecule has 0 unspecified atom stereocenters. The molecule has 0 amide bonds. The SMILES string of the molecule is C[Si](C)(C)c1cc(-c2cc(-c3ccc(OS(=O)(=O)C(F)(F)F)c([Si](C)(C)C)c3)cc(-c3ccc(OS(=O)(=O)C(F)(F)F)c([Si](C)(C)C)c3)c2)ccc1OS(=O)(=O)C(F)(F)F. The first-order valence-electron chi connectivity index (χ1n) is 17.4. The number of halogens is 9. The Kier molecular flexibility index (Phi) is 12.9. The summed E-state index contributed by atoms with van der Waals surface area (Å²) in [4.78, 5) is 0. The molecule has 0 spiro atoms. The summed E-state index contributed by atoms with van der Waals surface area (Å²) in [5.74, 6) is -1.67. The molecule has 0 aliphatic rings. The highest BCUT2D eigenvalue weighted by Gasteiger charge is 2.51. The number of alkyl halides is 9. The van der Waals surface area contributed by atoms with Gasteiger partial charge in [0.2, 0.25) is 0 Å². The standard InChI is InChI=1S/C36H39F9O9S3Si3/c1-58(2,3)31-19-22(10-13-28(31)52-55(46,47)34(37,38)39)25-16-26(23-11-14-29(32(20-23)59(4,5)6)53-56(48,49)35(40,41)42)18-27(17-25)24-12-15-30(33(21-24)60(7,8)9)54-57(50,51)36(43,44)45/h10-21H,1-9H3. The van der Waals surface area contributed by atoms with Crippen molar-refractivity contribution in [1.82, 2.24) is 0 Å². The first kappa shape index (κ1) is 48.8. The maximum Gasteiger partial charge on any atom is 0.534 e. The summed E-state index contributed by atoms with van der Waals surface area (Å²) in [6.07, 6.45) is 0. The second kappa shape index (κ2) is 15.8. The van der Waals surface area contributed by atoms with Crippen LogP contribution < -0.4 is 28.1 Å². The van der Waals surface area contributed by atoms with Crippen molar-refractivity contribution in [2.45, 2.75) is 75.4 Å². The van der Waals surface area contributed by atoms with Crippen molar-refractivity contribution < 1.29 is 77.3 Å². The molecule has 330 valence electrons. The van der Waals surface area contributed by atoms with Gasteiger partial charge in [-0.3, -0.25) is 0 Å². The molecule has 4 aromatic carbocycles. The largest absolute Gasteiger partial charge is 0.534 e. The first-order valence-corrected chi connectivity index (χ1v) is 32.1. The van der Waals surface area contributed by atoms with Gasteiger partial charge in [-0.05, 0) is 85.3 Å². The predicted octanol–water partition coefficient (Wildman–Crippen LogP) is 9.01. The van der Waals surface area contributed by atoms with Gasteiger partial charge < -0.3 is 12.5 Å². The van der Waals surface area contributed by atoms with Gasteiger partial charge in [-0.1, -0.05) is 95.3 Å². The van der Waals surface area contributed by atoms with E-state index in [4.69, 9.17) is 0 Å². The second-order valence-electron chi connectivity index (χ2n) is 16.6. The molecule has 0 atom stereocenters. The van der Waals surface area contributed by atoms with Gasteiger partial charge in [0.15, 0.2) is 0 Å². The molecule has 24 heteroatoms. The van der Waals surface area contributed by atoms with Gasteiger partial charge in [0.1, 0.15) is 17.2 Å². The van der Waals surface area contributed by atoms with Crippen LogP contribution in [0.25, 0.3) is 33.4 Å². The van der Waals surface area contributed by atoms with Gasteiger partial charge in [0.25, 0.3) is 0 Å². The smallest absolute Gasteiger partial charge is 0.376 e. The molecule has 0 aliphatic carbocycles. The summed E-state index contributed by atoms with van der Waals surface area (Å²) in [6.45, 7) is 15.5. The maximum absolute atomic E-state index is 13.4. The Balaban J connectivity index is 2.07. The average Bonchev–Trinajstić information content (AvgIpc) is 3.05. The minimum atomic E-state index is -6.07. The highest BCUT2D eigenvalue weighted by molar-refractivity contribution is 7.88. The molecule has 4 aromatic rings. The van der Waals surface area contributed by atoms with Crippen LogP contribution in [0.3, 0.4) is 0 Å². The molecule has 0 bridgehead atoms. The average molecular weight is 967 g/mol. The quantitative estimate of drug-likeness (QED) is 0.0591. The van der Waals surface area contributed by atoms with Crippen LogP contribution >= 0.6 is 0 Å². The van der Waals surface area contributed by atoms with E-state index in [9.17, 15) is 64.8 Å². The van der Waals surface area contributed by atoms with E-state index < -0.39 is 88.3 Å². The molecule has 9 nitrogen and oxygen atoms in total. The maximum atomic E-state index is 13.4. The minimum Gasteiger partial charge on any atom is -0.376 e. The fraction of sp³-hybridized carbons (Fsp3) is 0.333. The molecule has 0 fully saturated rings. The fourth-order valence-corrected chi connectivity index (χ4v) is 11.8. The van der Waals surface area contributed by atoms with Gasteiger partial charge >= 0.3 is 46.9 Å². The van der Waals surface area contributed by atoms with Crippen molar-refractivity contribution in [2.75, 3.05) is 0 Å². The lowest BCUT2D eigenvalue weighted by molar-refractivity contribution is -0.0504. The van der Waals surface area contributed by atoms with Gasteiger partial charge in [-0.25, -0.2) is 0 Å². The van der Waals surface area contributed by atoms with Crippen molar-refractivity contribution in [3.05, 3.63) is 72.8 Å². The third-order valence-electron chi connectivity index (χ3n) is 8.74. The predicted molar refractivity (Wildman–Crippen MR) is 218 cm³/mol. The van der Waals surface area contributed by atoms with E-state index in [0.717, 1.165) is 18.2 Å². The zero-order valence-electron chi connectivity index (χ0n) is 33.2. The Morgan fingerprint density at radius 3 is 0.717 bits per heavy atom. The Hall–Kier alpha value is -3.85. The zero-order chi connectivity index (χ0) is 46.0. The van der Waals surface area contributed by atoms with E-state index in [-0.39, 0.29) is 15.6 Å². The molecular formula is C36H39F9O9S3Si3. The normalized spacial score (nSPS) is 13.9. The van der Waals surface area contributed by atoms with Crippen LogP contribution in [0, 0.1) is 0 Å². The van der Waals surface area contributed by atoms with Crippen LogP contribution in [-0.4, -0.2) is 66.0 Å². The lowest BCUT2D eigenvalue weighted by atomic mass is 9.93. The Morgan fingerprint density at radius 2 is 0.550 bits per heavy atom. The van der Waals surface area contributed by atoms with Crippen molar-refractivity contribution in [3.8, 4) is 50.6 Å². The summed E-state index contributed by atoms with van der Waals surface area (Å²) >= 11 is 0. The highest BCUT2D eigenvalue weighted by atomic mass is 32.2. The number of hydrogen-bond donors (Lipinski definition) is 0. The second-order valence-corrected chi connectivity index (χ2v) is 36.4. The van der Waals surface area contributed by atoms with Crippen LogP contribution in [0.5, 0.6) is 17.2 Å². The number of hydrogen-bond acceptors (Lipinski definition) is 9. The topological polar surface area (TPSA) is 130 Å². The number of benzene rings is 4. The Labute approximate surface area is 344 Å². The lowest BCUT2D eigenvalue weighted by Crippen LogP contribution is -2.40. The molecule has 0 aliphatic heterocycles. The molecule has 0 aromatic heterocycles. The molecule has 4 rings (SSSR count). The van der Waals surface area contributed by atoms with Gasteiger partial charge in [0.05, 0.1) is 24.2 Å². The summed E-state index contributed by atoms with van der Waals surface area (Å²) in [5, 5.41) is 0.504. The molecular weight excluding hydrogens is 928 g/mol. The van der Waals surface area contributed by atoms with E-state index in [0.29, 0.717) is 33.4 Å². The number of rotatable bonds is 12. The molecule has 0 heterocycles. The molecule has 0 radical (unpaired) electrons. The monoisotopic (exact) mass is 966 g/mol. The van der Waals surface area contributed by atoms with Crippen LogP contribution in [0.1, 0.15) is 0 Å². The highest BCUT2D eigenvalue weighted by Crippen LogP contribution is 2.37. The molecule has 60 heavy (non-hydrogen) atoms. The Morgan fingerprint density at radius 1 is 0.350 bits per heavy atom. The summed E-state index contributed by atoms with van der Waals surface area (Å²) in [7, 11) is -26.4. The molecule has 0 N–H and O–H groups in total. The van der Waals surface area contributed by atoms with Crippen molar-refractivity contribution in [1.29, 1.82) is 0 Å². The molecule has 0 saturated heterocycles. The minimum absolute atomic E-state index is 0.168. The van der Waals surface area contributed by atoms with Gasteiger partial charge in [-0.15, -0.1) is 0 Å². The summed E-state index contributed by atoms with van der Waals surface area (Å²) in [6, 6.07) is 16.2. The van der Waals surface area contributed by atoms with E-state index in [1.54, 1.807) is 77.1 Å². The summed E-state index contributed by atoms with van der Waals surface area (Å²) in [5.41, 5.74) is -15.2. The van der Waals surface area contributed by atoms with E-state index in [1.807, 2.05) is 0 Å². The summed E-state index contributed by atoms with van der Waals surface area (Å²) < 4.78 is 206. The molecule has 0 saturated carbocycles. The van der Waals surface area contributed by atoms with Crippen molar-refractivity contribution in [2.24, 2.45) is 0 Å². The van der Waals surface area contributed by atoms with E-state index in [1.165, 1.54) is 36.4 Å². The van der Waals surface area contributed by atoms with Crippen LogP contribution in [0.2, 0.25) is 58.9 Å². The van der Waals surface area contributed by atoms with Crippen LogP contribution in [0.4, 0.5) is 39.5 Å². The van der Waals surface area contributed by atoms with E-state index >= 15 is 0 Å². The van der Waals surface area contributed by atoms with Crippen molar-refractivity contribution in [3.63, 3.8) is 0 Å². The third kappa shape index (κ3) is 10.8. The lowest BCUT2D eigenvalue weighted by Gasteiger charge is -2.24. The van der Waals surface area contributed by atoms with Crippen LogP contribution in [0.15, 0.2) is 72.8 Å². The van der Waals surface area contributed by atoms with E-state index in [2.05, 4.69) is 12.5 Å². The van der Waals surface area contributed by atoms with Gasteiger partial charge in [-0.2, -0.15) is 64.8 Å². The fourth-order valence-electron chi connectivity index (χ4n) is 5.73. The van der Waals surface area contributed by atoms with Crippen LogP contribution in [-0.2, 0) is 30.4 Å². The zero-order valence-corrected chi connectivity index (χ0v) is 38.7. The van der Waals surface area contributed by atoms with Gasteiger partial charge in [0, 0.05) is 0 Å².